The van der Waals surface area contributed by atoms with Gasteiger partial charge in [0.2, 0.25) is 0 Å². The van der Waals surface area contributed by atoms with Gasteiger partial charge in [0.05, 0.1) is 10.8 Å². The van der Waals surface area contributed by atoms with Crippen molar-refractivity contribution >= 4 is 29.1 Å². The number of rotatable bonds is 5. The van der Waals surface area contributed by atoms with E-state index >= 15 is 0 Å². The maximum Gasteiger partial charge on any atom is 0.309 e. The maximum absolute atomic E-state index is 12.5. The first kappa shape index (κ1) is 20.8. The van der Waals surface area contributed by atoms with Crippen LogP contribution in [0.15, 0.2) is 17.5 Å². The normalized spacial score (nSPS) is 24.4. The van der Waals surface area contributed by atoms with Crippen LogP contribution >= 0.6 is 11.3 Å². The topological polar surface area (TPSA) is 75.7 Å². The zero-order valence-corrected chi connectivity index (χ0v) is 17.5. The number of nitrogens with zero attached hydrogens (tertiary/aromatic N) is 1. The molecule has 1 saturated carbocycles. The Morgan fingerprint density at radius 1 is 1.18 bits per heavy atom. The van der Waals surface area contributed by atoms with Gasteiger partial charge < -0.3 is 15.0 Å². The van der Waals surface area contributed by atoms with Gasteiger partial charge in [-0.1, -0.05) is 25.8 Å². The summed E-state index contributed by atoms with van der Waals surface area (Å²) in [6, 6.07) is 3.86. The van der Waals surface area contributed by atoms with E-state index in [0.717, 1.165) is 24.1 Å². The second kappa shape index (κ2) is 9.54. The quantitative estimate of drug-likeness (QED) is 0.762. The zero-order chi connectivity index (χ0) is 20.1. The van der Waals surface area contributed by atoms with Gasteiger partial charge in [0.1, 0.15) is 0 Å². The van der Waals surface area contributed by atoms with E-state index in [4.69, 9.17) is 4.74 Å². The Hall–Kier alpha value is -1.89. The van der Waals surface area contributed by atoms with Crippen molar-refractivity contribution in [1.29, 1.82) is 0 Å². The van der Waals surface area contributed by atoms with Crippen LogP contribution in [0.4, 0.5) is 0 Å². The van der Waals surface area contributed by atoms with Crippen molar-refractivity contribution in [3.05, 3.63) is 22.4 Å². The van der Waals surface area contributed by atoms with Crippen molar-refractivity contribution in [2.75, 3.05) is 13.1 Å². The summed E-state index contributed by atoms with van der Waals surface area (Å²) >= 11 is 1.43. The Morgan fingerprint density at radius 3 is 2.54 bits per heavy atom. The van der Waals surface area contributed by atoms with Crippen molar-refractivity contribution in [1.82, 2.24) is 10.2 Å². The lowest BCUT2D eigenvalue weighted by Crippen LogP contribution is -2.47. The molecule has 1 aliphatic carbocycles. The van der Waals surface area contributed by atoms with E-state index in [1.54, 1.807) is 11.8 Å². The van der Waals surface area contributed by atoms with Crippen molar-refractivity contribution in [2.45, 2.75) is 64.5 Å². The van der Waals surface area contributed by atoms with E-state index in [-0.39, 0.29) is 29.7 Å². The van der Waals surface area contributed by atoms with Gasteiger partial charge in [-0.2, -0.15) is 0 Å². The molecule has 2 heterocycles. The molecule has 28 heavy (non-hydrogen) atoms. The fraction of sp³-hybridized carbons (Fsp3) is 0.667. The molecular weight excluding hydrogens is 376 g/mol. The second-order valence-corrected chi connectivity index (χ2v) is 8.95. The first-order chi connectivity index (χ1) is 13.5. The molecule has 2 fully saturated rings. The minimum absolute atomic E-state index is 0.0242. The number of ether oxygens (including phenoxy) is 1. The minimum Gasteiger partial charge on any atom is -0.452 e. The highest BCUT2D eigenvalue weighted by atomic mass is 32.1. The third-order valence-corrected chi connectivity index (χ3v) is 6.81. The molecule has 3 rings (SSSR count). The average molecular weight is 407 g/mol. The first-order valence-electron chi connectivity index (χ1n) is 10.3. The first-order valence-corrected chi connectivity index (χ1v) is 11.2. The molecule has 3 atom stereocenters. The third kappa shape index (κ3) is 5.13. The van der Waals surface area contributed by atoms with Crippen LogP contribution in [0.1, 0.15) is 62.0 Å². The summed E-state index contributed by atoms with van der Waals surface area (Å²) in [5.41, 5.74) is 0. The summed E-state index contributed by atoms with van der Waals surface area (Å²) in [5, 5.41) is 4.93. The molecule has 0 bridgehead atoms. The van der Waals surface area contributed by atoms with Crippen LogP contribution in [0, 0.1) is 11.8 Å². The van der Waals surface area contributed by atoms with Gasteiger partial charge in [-0.05, 0) is 50.0 Å². The van der Waals surface area contributed by atoms with Gasteiger partial charge in [-0.3, -0.25) is 14.4 Å². The Morgan fingerprint density at radius 2 is 1.89 bits per heavy atom. The molecule has 1 N–H and O–H groups in total. The number of carbonyl (C=O) groups excluding carboxylic acids is 3. The van der Waals surface area contributed by atoms with Crippen molar-refractivity contribution in [2.24, 2.45) is 11.8 Å². The van der Waals surface area contributed by atoms with Crippen LogP contribution in [0.25, 0.3) is 0 Å². The number of amides is 2. The highest BCUT2D eigenvalue weighted by molar-refractivity contribution is 7.12. The molecule has 0 radical (unpaired) electrons. The van der Waals surface area contributed by atoms with Gasteiger partial charge in [-0.15, -0.1) is 11.3 Å². The number of carbonyl (C=O) groups is 3. The van der Waals surface area contributed by atoms with E-state index in [2.05, 4.69) is 12.2 Å². The number of thiophene rings is 1. The van der Waals surface area contributed by atoms with Crippen molar-refractivity contribution < 1.29 is 19.1 Å². The number of hydrogen-bond donors (Lipinski definition) is 1. The highest BCUT2D eigenvalue weighted by Crippen LogP contribution is 2.24. The number of likely N-dealkylation sites (tertiary alicyclic amines) is 1. The second-order valence-electron chi connectivity index (χ2n) is 8.00. The summed E-state index contributed by atoms with van der Waals surface area (Å²) in [7, 11) is 0. The third-order valence-electron chi connectivity index (χ3n) is 5.95. The molecule has 1 aromatic heterocycles. The summed E-state index contributed by atoms with van der Waals surface area (Å²) in [4.78, 5) is 39.8. The molecule has 1 aromatic rings. The Kier molecular flexibility index (Phi) is 7.10. The fourth-order valence-corrected chi connectivity index (χ4v) is 4.72. The zero-order valence-electron chi connectivity index (χ0n) is 16.7. The number of hydrogen-bond acceptors (Lipinski definition) is 5. The standard InChI is InChI=1S/C21H30N2O4S/c1-14-6-3-4-7-17(14)22-19(24)15(2)27-21(26)16-9-11-23(12-10-16)20(25)18-8-5-13-28-18/h5,8,13-17H,3-4,6-7,9-12H2,1-2H3,(H,22,24)/t14-,15+,17+/m0/s1. The molecule has 6 nitrogen and oxygen atoms in total. The number of nitrogens with one attached hydrogen (secondary N) is 1. The van der Waals surface area contributed by atoms with Crippen molar-refractivity contribution in [3.8, 4) is 0 Å². The monoisotopic (exact) mass is 406 g/mol. The van der Waals surface area contributed by atoms with Gasteiger partial charge in [-0.25, -0.2) is 0 Å². The predicted molar refractivity (Wildman–Crippen MR) is 108 cm³/mol. The van der Waals surface area contributed by atoms with Crippen LogP contribution in [0.5, 0.6) is 0 Å². The van der Waals surface area contributed by atoms with E-state index in [0.29, 0.717) is 31.8 Å². The molecule has 2 aliphatic rings. The SMILES string of the molecule is C[C@@H](OC(=O)C1CCN(C(=O)c2cccs2)CC1)C(=O)N[C@@H]1CCCC[C@@H]1C. The van der Waals surface area contributed by atoms with E-state index in [1.165, 1.54) is 17.8 Å². The molecule has 7 heteroatoms. The van der Waals surface area contributed by atoms with Crippen LogP contribution in [0.2, 0.25) is 0 Å². The van der Waals surface area contributed by atoms with Gasteiger partial charge in [0.25, 0.3) is 11.8 Å². The van der Waals surface area contributed by atoms with Gasteiger partial charge in [0.15, 0.2) is 6.10 Å². The Balaban J connectivity index is 1.43. The lowest BCUT2D eigenvalue weighted by Gasteiger charge is -2.32. The fourth-order valence-electron chi connectivity index (χ4n) is 4.03. The molecular formula is C21H30N2O4S. The number of esters is 1. The van der Waals surface area contributed by atoms with Gasteiger partial charge in [0, 0.05) is 19.1 Å². The minimum atomic E-state index is -0.785. The van der Waals surface area contributed by atoms with Crippen LogP contribution < -0.4 is 5.32 Å². The lowest BCUT2D eigenvalue weighted by molar-refractivity contribution is -0.160. The van der Waals surface area contributed by atoms with E-state index in [1.807, 2.05) is 17.5 Å². The molecule has 1 saturated heterocycles. The molecule has 154 valence electrons. The smallest absolute Gasteiger partial charge is 0.309 e. The Labute approximate surface area is 170 Å². The summed E-state index contributed by atoms with van der Waals surface area (Å²) in [6.07, 6.45) is 4.82. The highest BCUT2D eigenvalue weighted by Gasteiger charge is 2.32. The van der Waals surface area contributed by atoms with Crippen LogP contribution in [0.3, 0.4) is 0 Å². The molecule has 2 amide bonds. The molecule has 0 spiro atoms. The van der Waals surface area contributed by atoms with Crippen LogP contribution in [-0.4, -0.2) is 47.9 Å². The molecule has 0 unspecified atom stereocenters. The average Bonchev–Trinajstić information content (AvgIpc) is 3.24. The largest absolute Gasteiger partial charge is 0.452 e. The summed E-state index contributed by atoms with van der Waals surface area (Å²) in [5.74, 6) is -0.307. The lowest BCUT2D eigenvalue weighted by atomic mass is 9.86. The molecule has 0 aromatic carbocycles. The predicted octanol–water partition coefficient (Wildman–Crippen LogP) is 3.23. The van der Waals surface area contributed by atoms with Crippen molar-refractivity contribution in [3.63, 3.8) is 0 Å². The van der Waals surface area contributed by atoms with E-state index < -0.39 is 6.10 Å². The summed E-state index contributed by atoms with van der Waals surface area (Å²) in [6.45, 7) is 4.87. The Bertz CT molecular complexity index is 683. The molecule has 1 aliphatic heterocycles. The summed E-state index contributed by atoms with van der Waals surface area (Å²) < 4.78 is 5.44. The van der Waals surface area contributed by atoms with Crippen LogP contribution in [-0.2, 0) is 14.3 Å². The van der Waals surface area contributed by atoms with E-state index in [9.17, 15) is 14.4 Å². The van der Waals surface area contributed by atoms with Gasteiger partial charge >= 0.3 is 5.97 Å². The maximum atomic E-state index is 12.5. The number of piperidine rings is 1.